The van der Waals surface area contributed by atoms with E-state index >= 15 is 0 Å². The summed E-state index contributed by atoms with van der Waals surface area (Å²) < 4.78 is 33.0. The Morgan fingerprint density at radius 3 is 2.51 bits per heavy atom. The molecule has 3 aliphatic rings. The van der Waals surface area contributed by atoms with Gasteiger partial charge in [-0.2, -0.15) is 0 Å². The van der Waals surface area contributed by atoms with E-state index in [1.165, 1.54) is 22.3 Å². The third-order valence-corrected chi connectivity index (χ3v) is 9.64. The average molecular weight is 562 g/mol. The zero-order valence-corrected chi connectivity index (χ0v) is 23.6. The smallest absolute Gasteiger partial charge is 0.247 e. The van der Waals surface area contributed by atoms with Crippen molar-refractivity contribution in [3.63, 3.8) is 0 Å². The molecule has 7 rings (SSSR count). The second-order valence-electron chi connectivity index (χ2n) is 10.1. The SMILES string of the molecule is C1=CC=CNC=C1.CCc1nnc(-c2cccc(S(=O)(=O)C3C=c4c(ccc5c4=CCc4ccccc4-5)CC3)c2)o1. The highest BCUT2D eigenvalue weighted by molar-refractivity contribution is 7.92. The van der Waals surface area contributed by atoms with Gasteiger partial charge in [-0.05, 0) is 82.3 Å². The summed E-state index contributed by atoms with van der Waals surface area (Å²) in [5.74, 6) is 0.872. The Kier molecular flexibility index (Phi) is 7.53. The number of benzene rings is 3. The Labute approximate surface area is 240 Å². The van der Waals surface area contributed by atoms with Gasteiger partial charge in [0.2, 0.25) is 11.8 Å². The van der Waals surface area contributed by atoms with Gasteiger partial charge in [-0.3, -0.25) is 0 Å². The number of nitrogens with zero attached hydrogens (tertiary/aromatic N) is 2. The fourth-order valence-electron chi connectivity index (χ4n) is 5.44. The molecule has 1 atom stereocenters. The van der Waals surface area contributed by atoms with Crippen molar-refractivity contribution in [3.05, 3.63) is 125 Å². The number of hydrogen-bond donors (Lipinski definition) is 1. The van der Waals surface area contributed by atoms with E-state index in [1.807, 2.05) is 49.7 Å². The lowest BCUT2D eigenvalue weighted by atomic mass is 9.87. The van der Waals surface area contributed by atoms with Gasteiger partial charge in [-0.15, -0.1) is 10.2 Å². The number of hydrogen-bond acceptors (Lipinski definition) is 6. The molecule has 4 aromatic rings. The third-order valence-electron chi connectivity index (χ3n) is 7.56. The predicted molar refractivity (Wildman–Crippen MR) is 163 cm³/mol. The highest BCUT2D eigenvalue weighted by Crippen LogP contribution is 2.29. The lowest BCUT2D eigenvalue weighted by Crippen LogP contribution is -2.38. The first kappa shape index (κ1) is 26.7. The van der Waals surface area contributed by atoms with E-state index in [2.05, 4.69) is 58.0 Å². The molecule has 41 heavy (non-hydrogen) atoms. The van der Waals surface area contributed by atoms with E-state index in [9.17, 15) is 8.42 Å². The molecule has 0 saturated heterocycles. The molecule has 0 amide bonds. The predicted octanol–water partition coefficient (Wildman–Crippen LogP) is 5.05. The van der Waals surface area contributed by atoms with Crippen molar-refractivity contribution in [2.45, 2.75) is 42.8 Å². The number of rotatable bonds is 4. The van der Waals surface area contributed by atoms with E-state index in [0.29, 0.717) is 30.2 Å². The van der Waals surface area contributed by atoms with Gasteiger partial charge >= 0.3 is 0 Å². The molecule has 0 saturated carbocycles. The first-order chi connectivity index (χ1) is 20.0. The molecule has 2 aliphatic carbocycles. The fraction of sp³-hybridized carbons (Fsp3) is 0.176. The number of sulfone groups is 1. The zero-order chi connectivity index (χ0) is 28.2. The van der Waals surface area contributed by atoms with Crippen LogP contribution in [-0.4, -0.2) is 23.9 Å². The van der Waals surface area contributed by atoms with Crippen molar-refractivity contribution in [2.24, 2.45) is 0 Å². The second kappa shape index (κ2) is 11.6. The lowest BCUT2D eigenvalue weighted by Gasteiger charge is -2.22. The van der Waals surface area contributed by atoms with Gasteiger partial charge in [0.25, 0.3) is 0 Å². The number of fused-ring (bicyclic) bond motifs is 5. The number of aromatic nitrogens is 2. The zero-order valence-electron chi connectivity index (χ0n) is 22.8. The quantitative estimate of drug-likeness (QED) is 0.376. The van der Waals surface area contributed by atoms with Crippen molar-refractivity contribution in [1.82, 2.24) is 15.5 Å². The topological polar surface area (TPSA) is 85.1 Å². The van der Waals surface area contributed by atoms with E-state index in [1.54, 1.807) is 24.3 Å². The maximum atomic E-state index is 13.7. The van der Waals surface area contributed by atoms with Crippen molar-refractivity contribution in [1.29, 1.82) is 0 Å². The lowest BCUT2D eigenvalue weighted by molar-refractivity contribution is 0.512. The normalized spacial score (nSPS) is 16.5. The monoisotopic (exact) mass is 561 g/mol. The minimum absolute atomic E-state index is 0.282. The second-order valence-corrected chi connectivity index (χ2v) is 12.3. The van der Waals surface area contributed by atoms with Gasteiger partial charge in [0.1, 0.15) is 0 Å². The molecule has 6 nitrogen and oxygen atoms in total. The van der Waals surface area contributed by atoms with Gasteiger partial charge in [0.05, 0.1) is 10.1 Å². The Balaban J connectivity index is 0.000000380. The fourth-order valence-corrected chi connectivity index (χ4v) is 7.09. The molecule has 1 N–H and O–H groups in total. The van der Waals surface area contributed by atoms with Crippen molar-refractivity contribution < 1.29 is 12.8 Å². The van der Waals surface area contributed by atoms with Gasteiger partial charge in [-0.1, -0.05) is 73.7 Å². The van der Waals surface area contributed by atoms with Gasteiger partial charge in [0, 0.05) is 24.4 Å². The van der Waals surface area contributed by atoms with Crippen LogP contribution in [0.15, 0.2) is 107 Å². The van der Waals surface area contributed by atoms with Crippen LogP contribution in [0.5, 0.6) is 0 Å². The van der Waals surface area contributed by atoms with Crippen molar-refractivity contribution >= 4 is 22.0 Å². The van der Waals surface area contributed by atoms with Crippen molar-refractivity contribution in [2.75, 3.05) is 0 Å². The minimum Gasteiger partial charge on any atom is -0.421 e. The summed E-state index contributed by atoms with van der Waals surface area (Å²) in [5.41, 5.74) is 5.55. The van der Waals surface area contributed by atoms with Crippen LogP contribution >= 0.6 is 0 Å². The molecule has 2 heterocycles. The summed E-state index contributed by atoms with van der Waals surface area (Å²) in [6.45, 7) is 1.93. The van der Waals surface area contributed by atoms with Gasteiger partial charge in [-0.25, -0.2) is 8.42 Å². The Bertz CT molecular complexity index is 1900. The number of allylic oxidation sites excluding steroid dienone is 4. The Morgan fingerprint density at radius 1 is 0.878 bits per heavy atom. The molecule has 1 aliphatic heterocycles. The number of aryl methyl sites for hydroxylation is 2. The highest BCUT2D eigenvalue weighted by atomic mass is 32.2. The van der Waals surface area contributed by atoms with E-state index in [-0.39, 0.29) is 4.90 Å². The molecular weight excluding hydrogens is 530 g/mol. The van der Waals surface area contributed by atoms with E-state index < -0.39 is 15.1 Å². The highest BCUT2D eigenvalue weighted by Gasteiger charge is 2.29. The van der Waals surface area contributed by atoms with Gasteiger partial charge in [0.15, 0.2) is 9.84 Å². The van der Waals surface area contributed by atoms with Crippen LogP contribution in [0.2, 0.25) is 0 Å². The van der Waals surface area contributed by atoms with Crippen LogP contribution in [0.1, 0.15) is 30.4 Å². The van der Waals surface area contributed by atoms with Gasteiger partial charge < -0.3 is 9.73 Å². The molecule has 0 fully saturated rings. The van der Waals surface area contributed by atoms with E-state index in [0.717, 1.165) is 23.3 Å². The molecule has 0 spiro atoms. The molecule has 0 radical (unpaired) electrons. The van der Waals surface area contributed by atoms with E-state index in [4.69, 9.17) is 4.42 Å². The maximum Gasteiger partial charge on any atom is 0.247 e. The molecule has 1 aromatic heterocycles. The average Bonchev–Trinajstić information content (AvgIpc) is 3.31. The first-order valence-corrected chi connectivity index (χ1v) is 15.4. The molecule has 7 heteroatoms. The number of nitrogens with one attached hydrogen (secondary N) is 1. The summed E-state index contributed by atoms with van der Waals surface area (Å²) in [7, 11) is -3.58. The standard InChI is InChI=1S/C28H24N2O3S.C6H7N/c1-2-27-29-30-28(33-27)20-7-5-8-21(16-20)34(31,32)22-13-10-19-12-14-24-23-9-4-3-6-18(23)11-15-25(24)26(19)17-22;1-2-4-6-7-5-3-1/h3-9,12,14-17,22H,2,10-11,13H2,1H3;1-7H. The minimum atomic E-state index is -3.58. The summed E-state index contributed by atoms with van der Waals surface area (Å²) in [6, 6.07) is 19.6. The summed E-state index contributed by atoms with van der Waals surface area (Å²) in [4.78, 5) is 0.282. The molecular formula is C34H31N3O3S. The summed E-state index contributed by atoms with van der Waals surface area (Å²) in [6.07, 6.45) is 18.6. The van der Waals surface area contributed by atoms with Crippen LogP contribution < -0.4 is 15.8 Å². The van der Waals surface area contributed by atoms with Crippen LogP contribution in [0.25, 0.3) is 34.7 Å². The first-order valence-electron chi connectivity index (χ1n) is 13.9. The molecule has 3 aromatic carbocycles. The molecule has 1 unspecified atom stereocenters. The van der Waals surface area contributed by atoms with Crippen LogP contribution in [-0.2, 0) is 29.1 Å². The Hall–Kier alpha value is -4.49. The largest absolute Gasteiger partial charge is 0.421 e. The van der Waals surface area contributed by atoms with Crippen LogP contribution in [0, 0.1) is 0 Å². The van der Waals surface area contributed by atoms with Crippen LogP contribution in [0.4, 0.5) is 0 Å². The van der Waals surface area contributed by atoms with Crippen molar-refractivity contribution in [3.8, 4) is 22.6 Å². The molecule has 0 bridgehead atoms. The third kappa shape index (κ3) is 5.45. The summed E-state index contributed by atoms with van der Waals surface area (Å²) >= 11 is 0. The van der Waals surface area contributed by atoms with Crippen LogP contribution in [0.3, 0.4) is 0 Å². The Morgan fingerprint density at radius 2 is 1.71 bits per heavy atom. The molecule has 206 valence electrons. The maximum absolute atomic E-state index is 13.7. The summed E-state index contributed by atoms with van der Waals surface area (Å²) in [5, 5.41) is 12.6.